The van der Waals surface area contributed by atoms with Crippen molar-refractivity contribution in [2.45, 2.75) is 0 Å². The normalized spacial score (nSPS) is 10.8. The van der Waals surface area contributed by atoms with Crippen LogP contribution in [0.2, 0.25) is 0 Å². The van der Waals surface area contributed by atoms with Gasteiger partial charge >= 0.3 is 0 Å². The maximum Gasteiger partial charge on any atom is 0.270 e. The number of non-ortho nitro benzene ring substituents is 1. The van der Waals surface area contributed by atoms with Gasteiger partial charge in [0.05, 0.1) is 4.92 Å². The van der Waals surface area contributed by atoms with Gasteiger partial charge in [-0.05, 0) is 16.8 Å². The maximum atomic E-state index is 10.9. The molecule has 0 saturated carbocycles. The minimum absolute atomic E-state index is 0.0102. The van der Waals surface area contributed by atoms with Crippen LogP contribution in [0.3, 0.4) is 0 Å². The second kappa shape index (κ2) is 5.58. The van der Waals surface area contributed by atoms with Crippen molar-refractivity contribution in [2.75, 3.05) is 0 Å². The molecule has 116 valence electrons. The van der Waals surface area contributed by atoms with Crippen molar-refractivity contribution in [3.8, 4) is 22.8 Å². The number of benzene rings is 3. The third kappa shape index (κ3) is 2.40. The van der Waals surface area contributed by atoms with Gasteiger partial charge in [0.2, 0.25) is 5.82 Å². The molecule has 0 fully saturated rings. The number of rotatable bonds is 3. The maximum absolute atomic E-state index is 10.9. The molecule has 24 heavy (non-hydrogen) atoms. The van der Waals surface area contributed by atoms with E-state index in [0.717, 1.165) is 16.3 Å². The van der Waals surface area contributed by atoms with E-state index in [9.17, 15) is 10.1 Å². The quantitative estimate of drug-likeness (QED) is 0.411. The van der Waals surface area contributed by atoms with Crippen LogP contribution in [0.5, 0.6) is 0 Å². The highest BCUT2D eigenvalue weighted by Crippen LogP contribution is 2.29. The van der Waals surface area contributed by atoms with Crippen molar-refractivity contribution in [2.24, 2.45) is 0 Å². The van der Waals surface area contributed by atoms with Crippen LogP contribution < -0.4 is 0 Å². The van der Waals surface area contributed by atoms with E-state index in [1.807, 2.05) is 42.5 Å². The molecule has 0 aliphatic heterocycles. The van der Waals surface area contributed by atoms with Crippen molar-refractivity contribution in [3.05, 3.63) is 76.8 Å². The summed E-state index contributed by atoms with van der Waals surface area (Å²) in [4.78, 5) is 14.9. The lowest BCUT2D eigenvalue weighted by atomic mass is 10.0. The molecule has 0 atom stereocenters. The van der Waals surface area contributed by atoms with Crippen molar-refractivity contribution in [3.63, 3.8) is 0 Å². The number of nitrogens with zero attached hydrogens (tertiary/aromatic N) is 3. The summed E-state index contributed by atoms with van der Waals surface area (Å²) in [6.45, 7) is 0. The Labute approximate surface area is 136 Å². The fraction of sp³-hybridized carbons (Fsp3) is 0. The largest absolute Gasteiger partial charge is 0.334 e. The SMILES string of the molecule is O=[N+]([O-])c1cccc(-c2noc(-c3cccc4ccccc34)n2)c1. The molecule has 4 aromatic rings. The van der Waals surface area contributed by atoms with Gasteiger partial charge in [-0.3, -0.25) is 10.1 Å². The minimum Gasteiger partial charge on any atom is -0.334 e. The Hall–Kier alpha value is -3.54. The summed E-state index contributed by atoms with van der Waals surface area (Å²) in [6.07, 6.45) is 0. The van der Waals surface area contributed by atoms with Gasteiger partial charge < -0.3 is 4.52 Å². The van der Waals surface area contributed by atoms with Crippen LogP contribution in [0, 0.1) is 10.1 Å². The smallest absolute Gasteiger partial charge is 0.270 e. The van der Waals surface area contributed by atoms with E-state index in [4.69, 9.17) is 4.52 Å². The van der Waals surface area contributed by atoms with Crippen LogP contribution in [-0.4, -0.2) is 15.1 Å². The second-order valence-electron chi connectivity index (χ2n) is 5.26. The van der Waals surface area contributed by atoms with Crippen LogP contribution in [0.25, 0.3) is 33.6 Å². The Balaban J connectivity index is 1.80. The molecule has 4 rings (SSSR count). The van der Waals surface area contributed by atoms with E-state index in [1.165, 1.54) is 12.1 Å². The predicted molar refractivity (Wildman–Crippen MR) is 89.3 cm³/mol. The fourth-order valence-electron chi connectivity index (χ4n) is 2.62. The number of hydrogen-bond donors (Lipinski definition) is 0. The van der Waals surface area contributed by atoms with Crippen molar-refractivity contribution >= 4 is 16.5 Å². The number of nitro benzene ring substituents is 1. The molecule has 1 aromatic heterocycles. The topological polar surface area (TPSA) is 82.1 Å². The monoisotopic (exact) mass is 317 g/mol. The molecule has 0 amide bonds. The van der Waals surface area contributed by atoms with Gasteiger partial charge in [0.25, 0.3) is 11.6 Å². The summed E-state index contributed by atoms with van der Waals surface area (Å²) < 4.78 is 5.38. The molecule has 0 saturated heterocycles. The van der Waals surface area contributed by atoms with Crippen LogP contribution in [0.15, 0.2) is 71.3 Å². The van der Waals surface area contributed by atoms with E-state index in [0.29, 0.717) is 17.3 Å². The molecule has 0 unspecified atom stereocenters. The highest BCUT2D eigenvalue weighted by Gasteiger charge is 2.15. The first kappa shape index (κ1) is 14.1. The molecule has 0 aliphatic rings. The molecule has 6 heteroatoms. The van der Waals surface area contributed by atoms with Crippen LogP contribution in [0.1, 0.15) is 0 Å². The van der Waals surface area contributed by atoms with E-state index in [-0.39, 0.29) is 5.69 Å². The first-order valence-corrected chi connectivity index (χ1v) is 7.29. The highest BCUT2D eigenvalue weighted by molar-refractivity contribution is 5.94. The van der Waals surface area contributed by atoms with Gasteiger partial charge in [0.15, 0.2) is 0 Å². The number of aromatic nitrogens is 2. The van der Waals surface area contributed by atoms with E-state index in [2.05, 4.69) is 10.1 Å². The Morgan fingerprint density at radius 3 is 2.62 bits per heavy atom. The second-order valence-corrected chi connectivity index (χ2v) is 5.26. The first-order chi connectivity index (χ1) is 11.7. The molecule has 1 heterocycles. The molecular weight excluding hydrogens is 306 g/mol. The third-order valence-electron chi connectivity index (χ3n) is 3.76. The average Bonchev–Trinajstić information content (AvgIpc) is 3.11. The zero-order chi connectivity index (χ0) is 16.5. The lowest BCUT2D eigenvalue weighted by Gasteiger charge is -2.01. The lowest BCUT2D eigenvalue weighted by molar-refractivity contribution is -0.384. The Morgan fingerprint density at radius 1 is 0.958 bits per heavy atom. The summed E-state index contributed by atoms with van der Waals surface area (Å²) in [5, 5.41) is 16.9. The predicted octanol–water partition coefficient (Wildman–Crippen LogP) is 4.47. The number of fused-ring (bicyclic) bond motifs is 1. The summed E-state index contributed by atoms with van der Waals surface area (Å²) in [5.41, 5.74) is 1.36. The Morgan fingerprint density at radius 2 is 1.75 bits per heavy atom. The van der Waals surface area contributed by atoms with Gasteiger partial charge in [-0.1, -0.05) is 53.7 Å². The Bertz CT molecular complexity index is 1050. The van der Waals surface area contributed by atoms with E-state index in [1.54, 1.807) is 12.1 Å². The van der Waals surface area contributed by atoms with Gasteiger partial charge in [-0.2, -0.15) is 4.98 Å². The van der Waals surface area contributed by atoms with Gasteiger partial charge in [0, 0.05) is 23.3 Å². The third-order valence-corrected chi connectivity index (χ3v) is 3.76. The van der Waals surface area contributed by atoms with Crippen LogP contribution >= 0.6 is 0 Å². The van der Waals surface area contributed by atoms with Crippen molar-refractivity contribution in [1.82, 2.24) is 10.1 Å². The molecule has 0 bridgehead atoms. The standard InChI is InChI=1S/C18H11N3O3/c22-21(23)14-8-3-7-13(11-14)17-19-18(24-20-17)16-10-4-6-12-5-1-2-9-15(12)16/h1-11H. The van der Waals surface area contributed by atoms with Crippen LogP contribution in [0.4, 0.5) is 5.69 Å². The summed E-state index contributed by atoms with van der Waals surface area (Å²) in [5.74, 6) is 0.704. The lowest BCUT2D eigenvalue weighted by Crippen LogP contribution is -1.89. The van der Waals surface area contributed by atoms with E-state index < -0.39 is 4.92 Å². The summed E-state index contributed by atoms with van der Waals surface area (Å²) in [6, 6.07) is 19.9. The van der Waals surface area contributed by atoms with Gasteiger partial charge in [0.1, 0.15) is 0 Å². The average molecular weight is 317 g/mol. The zero-order valence-corrected chi connectivity index (χ0v) is 12.4. The van der Waals surface area contributed by atoms with Gasteiger partial charge in [-0.25, -0.2) is 0 Å². The van der Waals surface area contributed by atoms with Crippen molar-refractivity contribution < 1.29 is 9.45 Å². The van der Waals surface area contributed by atoms with Gasteiger partial charge in [-0.15, -0.1) is 0 Å². The first-order valence-electron chi connectivity index (χ1n) is 7.29. The number of hydrogen-bond acceptors (Lipinski definition) is 5. The summed E-state index contributed by atoms with van der Waals surface area (Å²) in [7, 11) is 0. The molecule has 0 aliphatic carbocycles. The number of nitro groups is 1. The van der Waals surface area contributed by atoms with E-state index >= 15 is 0 Å². The molecule has 6 nitrogen and oxygen atoms in total. The molecule has 0 N–H and O–H groups in total. The highest BCUT2D eigenvalue weighted by atomic mass is 16.6. The minimum atomic E-state index is -0.449. The molecule has 3 aromatic carbocycles. The Kier molecular flexibility index (Phi) is 3.28. The zero-order valence-electron chi connectivity index (χ0n) is 12.4. The fourth-order valence-corrected chi connectivity index (χ4v) is 2.62. The summed E-state index contributed by atoms with van der Waals surface area (Å²) >= 11 is 0. The molecular formula is C18H11N3O3. The van der Waals surface area contributed by atoms with Crippen molar-refractivity contribution in [1.29, 1.82) is 0 Å². The molecule has 0 spiro atoms. The molecule has 0 radical (unpaired) electrons. The van der Waals surface area contributed by atoms with Crippen LogP contribution in [-0.2, 0) is 0 Å².